The SMILES string of the molecule is O=C(C=Nc1ncccn1)c1cccs1. The molecule has 2 aromatic heterocycles. The second kappa shape index (κ2) is 4.56. The molecule has 74 valence electrons. The van der Waals surface area contributed by atoms with Gasteiger partial charge < -0.3 is 0 Å². The number of hydrogen-bond acceptors (Lipinski definition) is 5. The topological polar surface area (TPSA) is 55.2 Å². The van der Waals surface area contributed by atoms with Gasteiger partial charge in [-0.15, -0.1) is 11.3 Å². The number of carbonyl (C=O) groups is 1. The maximum absolute atomic E-state index is 11.5. The van der Waals surface area contributed by atoms with Gasteiger partial charge in [0.25, 0.3) is 0 Å². The average Bonchev–Trinajstić information content (AvgIpc) is 2.81. The summed E-state index contributed by atoms with van der Waals surface area (Å²) in [6.07, 6.45) is 4.39. The zero-order chi connectivity index (χ0) is 10.5. The van der Waals surface area contributed by atoms with Gasteiger partial charge in [-0.3, -0.25) is 4.79 Å². The second-order valence-corrected chi connectivity index (χ2v) is 3.60. The summed E-state index contributed by atoms with van der Waals surface area (Å²) >= 11 is 1.38. The fraction of sp³-hybridized carbons (Fsp3) is 0. The Morgan fingerprint density at radius 1 is 1.33 bits per heavy atom. The molecular formula is C10H7N3OS. The Bertz CT molecular complexity index is 465. The lowest BCUT2D eigenvalue weighted by Crippen LogP contribution is -1.96. The minimum atomic E-state index is -0.127. The number of rotatable bonds is 3. The Labute approximate surface area is 90.4 Å². The molecule has 0 bridgehead atoms. The van der Waals surface area contributed by atoms with Gasteiger partial charge in [0.15, 0.2) is 0 Å². The first-order chi connectivity index (χ1) is 7.36. The molecule has 0 aliphatic carbocycles. The standard InChI is InChI=1S/C10H7N3OS/c14-8(9-3-1-6-15-9)7-13-10-11-4-2-5-12-10/h1-7H. The van der Waals surface area contributed by atoms with Crippen LogP contribution < -0.4 is 0 Å². The van der Waals surface area contributed by atoms with Crippen LogP contribution in [-0.2, 0) is 0 Å². The quantitative estimate of drug-likeness (QED) is 0.584. The van der Waals surface area contributed by atoms with Gasteiger partial charge in [-0.2, -0.15) is 0 Å². The number of carbonyl (C=O) groups excluding carboxylic acids is 1. The van der Waals surface area contributed by atoms with Gasteiger partial charge in [0.2, 0.25) is 11.7 Å². The third kappa shape index (κ3) is 2.54. The Morgan fingerprint density at radius 2 is 2.13 bits per heavy atom. The van der Waals surface area contributed by atoms with Gasteiger partial charge in [-0.1, -0.05) is 6.07 Å². The third-order valence-electron chi connectivity index (χ3n) is 1.61. The van der Waals surface area contributed by atoms with Crippen molar-refractivity contribution in [3.63, 3.8) is 0 Å². The summed E-state index contributed by atoms with van der Waals surface area (Å²) in [6.45, 7) is 0. The van der Waals surface area contributed by atoms with E-state index in [0.29, 0.717) is 10.8 Å². The molecule has 0 radical (unpaired) electrons. The summed E-state index contributed by atoms with van der Waals surface area (Å²) in [7, 11) is 0. The lowest BCUT2D eigenvalue weighted by molar-refractivity contribution is 0.107. The van der Waals surface area contributed by atoms with E-state index in [1.165, 1.54) is 17.6 Å². The highest BCUT2D eigenvalue weighted by molar-refractivity contribution is 7.12. The average molecular weight is 217 g/mol. The molecule has 2 heterocycles. The molecule has 5 heteroatoms. The summed E-state index contributed by atoms with van der Waals surface area (Å²) < 4.78 is 0. The van der Waals surface area contributed by atoms with Gasteiger partial charge in [-0.05, 0) is 17.5 Å². The molecule has 0 unspecified atom stereocenters. The van der Waals surface area contributed by atoms with Crippen LogP contribution >= 0.6 is 11.3 Å². The molecule has 0 saturated heterocycles. The highest BCUT2D eigenvalue weighted by Crippen LogP contribution is 2.08. The number of Topliss-reactive ketones (excluding diaryl/α,β-unsaturated/α-hetero) is 1. The van der Waals surface area contributed by atoms with Crippen molar-refractivity contribution < 1.29 is 4.79 Å². The summed E-state index contributed by atoms with van der Waals surface area (Å²) in [5, 5.41) is 1.85. The van der Waals surface area contributed by atoms with E-state index in [1.807, 2.05) is 11.4 Å². The normalized spacial score (nSPS) is 10.7. The Kier molecular flexibility index (Phi) is 2.94. The number of aliphatic imine (C=N–C) groups is 1. The van der Waals surface area contributed by atoms with Crippen LogP contribution in [-0.4, -0.2) is 22.0 Å². The van der Waals surface area contributed by atoms with Crippen LogP contribution in [0.15, 0.2) is 41.0 Å². The monoisotopic (exact) mass is 217 g/mol. The van der Waals surface area contributed by atoms with Crippen molar-refractivity contribution in [2.45, 2.75) is 0 Å². The van der Waals surface area contributed by atoms with E-state index < -0.39 is 0 Å². The third-order valence-corrected chi connectivity index (χ3v) is 2.50. The zero-order valence-corrected chi connectivity index (χ0v) is 8.52. The van der Waals surface area contributed by atoms with E-state index in [1.54, 1.807) is 24.5 Å². The predicted molar refractivity (Wildman–Crippen MR) is 58.8 cm³/mol. The van der Waals surface area contributed by atoms with Crippen molar-refractivity contribution in [1.29, 1.82) is 0 Å². The number of aromatic nitrogens is 2. The molecule has 4 nitrogen and oxygen atoms in total. The van der Waals surface area contributed by atoms with E-state index in [4.69, 9.17) is 0 Å². The molecule has 0 aliphatic heterocycles. The van der Waals surface area contributed by atoms with Gasteiger partial charge in [0.1, 0.15) is 0 Å². The maximum Gasteiger partial charge on any atom is 0.249 e. The van der Waals surface area contributed by atoms with E-state index in [9.17, 15) is 4.79 Å². The van der Waals surface area contributed by atoms with E-state index in [0.717, 1.165) is 0 Å². The summed E-state index contributed by atoms with van der Waals surface area (Å²) in [4.78, 5) is 23.8. The molecule has 0 N–H and O–H groups in total. The first-order valence-electron chi connectivity index (χ1n) is 4.25. The molecule has 2 rings (SSSR count). The molecule has 0 aliphatic rings. The number of ketones is 1. The zero-order valence-electron chi connectivity index (χ0n) is 7.70. The van der Waals surface area contributed by atoms with Crippen molar-refractivity contribution in [3.8, 4) is 0 Å². The van der Waals surface area contributed by atoms with Crippen molar-refractivity contribution in [2.75, 3.05) is 0 Å². The van der Waals surface area contributed by atoms with Gasteiger partial charge in [-0.25, -0.2) is 15.0 Å². The first-order valence-corrected chi connectivity index (χ1v) is 5.13. The molecule has 2 aromatic rings. The van der Waals surface area contributed by atoms with Gasteiger partial charge >= 0.3 is 0 Å². The first kappa shape index (κ1) is 9.67. The summed E-state index contributed by atoms with van der Waals surface area (Å²) in [5.74, 6) is 0.167. The molecule has 0 saturated carbocycles. The lowest BCUT2D eigenvalue weighted by atomic mass is 10.3. The smallest absolute Gasteiger partial charge is 0.249 e. The largest absolute Gasteiger partial charge is 0.287 e. The number of hydrogen-bond donors (Lipinski definition) is 0. The molecule has 15 heavy (non-hydrogen) atoms. The molecule has 0 atom stereocenters. The van der Waals surface area contributed by atoms with E-state index in [2.05, 4.69) is 15.0 Å². The number of thiophene rings is 1. The van der Waals surface area contributed by atoms with Gasteiger partial charge in [0.05, 0.1) is 11.1 Å². The van der Waals surface area contributed by atoms with Crippen LogP contribution in [0.5, 0.6) is 0 Å². The van der Waals surface area contributed by atoms with Crippen LogP contribution in [0.1, 0.15) is 9.67 Å². The molecule has 0 aromatic carbocycles. The van der Waals surface area contributed by atoms with Crippen LogP contribution in [0.4, 0.5) is 5.95 Å². The van der Waals surface area contributed by atoms with Crippen molar-refractivity contribution in [1.82, 2.24) is 9.97 Å². The minimum Gasteiger partial charge on any atom is -0.287 e. The summed E-state index contributed by atoms with van der Waals surface area (Å²) in [6, 6.07) is 5.27. The molecular weight excluding hydrogens is 210 g/mol. The Morgan fingerprint density at radius 3 is 2.80 bits per heavy atom. The van der Waals surface area contributed by atoms with Crippen molar-refractivity contribution in [2.24, 2.45) is 4.99 Å². The van der Waals surface area contributed by atoms with Crippen LogP contribution in [0, 0.1) is 0 Å². The Hall–Kier alpha value is -1.88. The maximum atomic E-state index is 11.5. The van der Waals surface area contributed by atoms with Crippen LogP contribution in [0.2, 0.25) is 0 Å². The highest BCUT2D eigenvalue weighted by atomic mass is 32.1. The fourth-order valence-corrected chi connectivity index (χ4v) is 1.59. The van der Waals surface area contributed by atoms with Crippen molar-refractivity contribution >= 4 is 29.3 Å². The Balaban J connectivity index is 2.10. The predicted octanol–water partition coefficient (Wildman–Crippen LogP) is 2.12. The van der Waals surface area contributed by atoms with Crippen LogP contribution in [0.25, 0.3) is 0 Å². The van der Waals surface area contributed by atoms with Crippen molar-refractivity contribution in [3.05, 3.63) is 40.8 Å². The highest BCUT2D eigenvalue weighted by Gasteiger charge is 2.02. The molecule has 0 spiro atoms. The number of nitrogens with zero attached hydrogens (tertiary/aromatic N) is 3. The summed E-state index contributed by atoms with van der Waals surface area (Å²) in [5.41, 5.74) is 0. The molecule has 0 fully saturated rings. The van der Waals surface area contributed by atoms with E-state index in [-0.39, 0.29) is 5.78 Å². The van der Waals surface area contributed by atoms with Gasteiger partial charge in [0, 0.05) is 12.4 Å². The second-order valence-electron chi connectivity index (χ2n) is 2.65. The minimum absolute atomic E-state index is 0.127. The van der Waals surface area contributed by atoms with E-state index >= 15 is 0 Å². The lowest BCUT2D eigenvalue weighted by Gasteiger charge is -1.89. The fourth-order valence-electron chi connectivity index (χ4n) is 0.957. The van der Waals surface area contributed by atoms with Crippen LogP contribution in [0.3, 0.4) is 0 Å². The molecule has 0 amide bonds.